The zero-order valence-corrected chi connectivity index (χ0v) is 12.8. The Labute approximate surface area is 123 Å². The molecule has 0 aromatic carbocycles. The maximum atomic E-state index is 12.2. The van der Waals surface area contributed by atoms with Crippen molar-refractivity contribution in [1.29, 1.82) is 0 Å². The molecule has 2 unspecified atom stereocenters. The van der Waals surface area contributed by atoms with E-state index in [-0.39, 0.29) is 24.6 Å². The van der Waals surface area contributed by atoms with Crippen molar-refractivity contribution < 1.29 is 14.6 Å². The second-order valence-corrected chi connectivity index (χ2v) is 6.03. The topological polar surface area (TPSA) is 63.5 Å². The standard InChI is InChI=1S/C14H21ClN2O3/c1-9(2)17-7-11(15)6-12(17)13(18)16-8-14(19)4-5-20-10(14)3/h6-7,9-10,19H,4-5,8H2,1-3H3,(H,16,18). The molecule has 0 saturated carbocycles. The lowest BCUT2D eigenvalue weighted by Crippen LogP contribution is -2.47. The molecular formula is C14H21ClN2O3. The van der Waals surface area contributed by atoms with Gasteiger partial charge < -0.3 is 19.7 Å². The summed E-state index contributed by atoms with van der Waals surface area (Å²) in [7, 11) is 0. The average Bonchev–Trinajstić information content (AvgIpc) is 2.92. The van der Waals surface area contributed by atoms with Gasteiger partial charge in [-0.2, -0.15) is 0 Å². The number of carbonyl (C=O) groups excluding carboxylic acids is 1. The number of carbonyl (C=O) groups is 1. The summed E-state index contributed by atoms with van der Waals surface area (Å²) in [4.78, 5) is 12.2. The molecule has 2 heterocycles. The normalized spacial score (nSPS) is 26.2. The third-order valence-corrected chi connectivity index (χ3v) is 4.03. The summed E-state index contributed by atoms with van der Waals surface area (Å²) in [6, 6.07) is 1.77. The van der Waals surface area contributed by atoms with Crippen LogP contribution in [0.1, 0.15) is 43.7 Å². The lowest BCUT2D eigenvalue weighted by Gasteiger charge is -2.26. The first-order chi connectivity index (χ1) is 9.33. The van der Waals surface area contributed by atoms with E-state index >= 15 is 0 Å². The summed E-state index contributed by atoms with van der Waals surface area (Å²) in [5, 5.41) is 13.7. The Morgan fingerprint density at radius 3 is 2.95 bits per heavy atom. The van der Waals surface area contributed by atoms with E-state index < -0.39 is 5.60 Å². The van der Waals surface area contributed by atoms with Crippen molar-refractivity contribution >= 4 is 17.5 Å². The first kappa shape index (κ1) is 15.4. The minimum absolute atomic E-state index is 0.139. The fraction of sp³-hybridized carbons (Fsp3) is 0.643. The fourth-order valence-corrected chi connectivity index (χ4v) is 2.59. The van der Waals surface area contributed by atoms with Crippen LogP contribution in [0.25, 0.3) is 0 Å². The highest BCUT2D eigenvalue weighted by Crippen LogP contribution is 2.25. The van der Waals surface area contributed by atoms with Crippen molar-refractivity contribution in [3.8, 4) is 0 Å². The van der Waals surface area contributed by atoms with E-state index in [2.05, 4.69) is 5.32 Å². The van der Waals surface area contributed by atoms with Crippen LogP contribution >= 0.6 is 11.6 Å². The van der Waals surface area contributed by atoms with Crippen LogP contribution in [-0.4, -0.2) is 40.4 Å². The predicted molar refractivity (Wildman–Crippen MR) is 77.1 cm³/mol. The lowest BCUT2D eigenvalue weighted by atomic mass is 9.97. The first-order valence-corrected chi connectivity index (χ1v) is 7.21. The molecular weight excluding hydrogens is 280 g/mol. The Hall–Kier alpha value is -1.04. The molecule has 0 bridgehead atoms. The van der Waals surface area contributed by atoms with E-state index in [0.29, 0.717) is 23.7 Å². The Balaban J connectivity index is 2.06. The zero-order chi connectivity index (χ0) is 14.9. The molecule has 1 aliphatic rings. The fourth-order valence-electron chi connectivity index (χ4n) is 2.38. The van der Waals surface area contributed by atoms with Gasteiger partial charge in [0.25, 0.3) is 5.91 Å². The second-order valence-electron chi connectivity index (χ2n) is 5.59. The van der Waals surface area contributed by atoms with E-state index in [4.69, 9.17) is 16.3 Å². The number of nitrogens with one attached hydrogen (secondary N) is 1. The average molecular weight is 301 g/mol. The van der Waals surface area contributed by atoms with Crippen LogP contribution in [0.3, 0.4) is 0 Å². The van der Waals surface area contributed by atoms with Gasteiger partial charge in [-0.25, -0.2) is 0 Å². The van der Waals surface area contributed by atoms with Crippen molar-refractivity contribution in [2.45, 2.75) is 44.9 Å². The number of hydrogen-bond acceptors (Lipinski definition) is 3. The molecule has 2 N–H and O–H groups in total. The SMILES string of the molecule is CC(C)n1cc(Cl)cc1C(=O)NCC1(O)CCOC1C. The number of aromatic nitrogens is 1. The number of rotatable bonds is 4. The minimum Gasteiger partial charge on any atom is -0.385 e. The van der Waals surface area contributed by atoms with Gasteiger partial charge in [0.1, 0.15) is 11.3 Å². The maximum absolute atomic E-state index is 12.2. The summed E-state index contributed by atoms with van der Waals surface area (Å²) < 4.78 is 7.16. The van der Waals surface area contributed by atoms with Gasteiger partial charge in [-0.15, -0.1) is 0 Å². The van der Waals surface area contributed by atoms with Gasteiger partial charge in [0.2, 0.25) is 0 Å². The van der Waals surface area contributed by atoms with E-state index in [1.54, 1.807) is 12.3 Å². The monoisotopic (exact) mass is 300 g/mol. The summed E-state index contributed by atoms with van der Waals surface area (Å²) in [5.41, 5.74) is -0.491. The molecule has 0 aliphatic carbocycles. The second kappa shape index (κ2) is 5.76. The van der Waals surface area contributed by atoms with Gasteiger partial charge in [0.15, 0.2) is 0 Å². The molecule has 20 heavy (non-hydrogen) atoms. The van der Waals surface area contributed by atoms with Crippen LogP contribution in [0.15, 0.2) is 12.3 Å². The largest absolute Gasteiger partial charge is 0.385 e. The van der Waals surface area contributed by atoms with E-state index in [0.717, 1.165) is 0 Å². The molecule has 1 fully saturated rings. The molecule has 1 aliphatic heterocycles. The van der Waals surface area contributed by atoms with Gasteiger partial charge in [-0.05, 0) is 26.8 Å². The number of amides is 1. The Morgan fingerprint density at radius 2 is 2.40 bits per heavy atom. The third-order valence-electron chi connectivity index (χ3n) is 3.82. The Bertz CT molecular complexity index is 501. The molecule has 1 aromatic heterocycles. The van der Waals surface area contributed by atoms with Gasteiger partial charge in [-0.1, -0.05) is 11.6 Å². The third kappa shape index (κ3) is 3.00. The molecule has 112 valence electrons. The zero-order valence-electron chi connectivity index (χ0n) is 12.0. The summed E-state index contributed by atoms with van der Waals surface area (Å²) in [5.74, 6) is -0.238. The van der Waals surface area contributed by atoms with Crippen LogP contribution in [0, 0.1) is 0 Å². The lowest BCUT2D eigenvalue weighted by molar-refractivity contribution is -0.0252. The van der Waals surface area contributed by atoms with Crippen molar-refractivity contribution in [2.24, 2.45) is 0 Å². The smallest absolute Gasteiger partial charge is 0.268 e. The predicted octanol–water partition coefficient (Wildman–Crippen LogP) is 1.99. The maximum Gasteiger partial charge on any atom is 0.268 e. The molecule has 0 radical (unpaired) electrons. The van der Waals surface area contributed by atoms with Crippen molar-refractivity contribution in [3.05, 3.63) is 23.0 Å². The Morgan fingerprint density at radius 1 is 1.70 bits per heavy atom. The summed E-state index contributed by atoms with van der Waals surface area (Å²) in [6.45, 7) is 6.46. The van der Waals surface area contributed by atoms with Gasteiger partial charge >= 0.3 is 0 Å². The summed E-state index contributed by atoms with van der Waals surface area (Å²) in [6.07, 6.45) is 1.99. The molecule has 1 saturated heterocycles. The highest BCUT2D eigenvalue weighted by Gasteiger charge is 2.39. The van der Waals surface area contributed by atoms with Gasteiger partial charge in [0.05, 0.1) is 11.1 Å². The number of hydrogen-bond donors (Lipinski definition) is 2. The molecule has 0 spiro atoms. The summed E-state index contributed by atoms with van der Waals surface area (Å²) >= 11 is 5.96. The van der Waals surface area contributed by atoms with Crippen LogP contribution < -0.4 is 5.32 Å². The molecule has 2 rings (SSSR count). The van der Waals surface area contributed by atoms with Crippen LogP contribution in [-0.2, 0) is 4.74 Å². The van der Waals surface area contributed by atoms with Crippen molar-refractivity contribution in [3.63, 3.8) is 0 Å². The van der Waals surface area contributed by atoms with Crippen LogP contribution in [0.4, 0.5) is 0 Å². The van der Waals surface area contributed by atoms with E-state index in [1.807, 2.05) is 25.3 Å². The van der Waals surface area contributed by atoms with Gasteiger partial charge in [-0.3, -0.25) is 4.79 Å². The molecule has 6 heteroatoms. The number of nitrogens with zero attached hydrogens (tertiary/aromatic N) is 1. The number of halogens is 1. The van der Waals surface area contributed by atoms with E-state index in [1.165, 1.54) is 0 Å². The van der Waals surface area contributed by atoms with Crippen LogP contribution in [0.5, 0.6) is 0 Å². The quantitative estimate of drug-likeness (QED) is 0.894. The molecule has 5 nitrogen and oxygen atoms in total. The van der Waals surface area contributed by atoms with Crippen molar-refractivity contribution in [1.82, 2.24) is 9.88 Å². The highest BCUT2D eigenvalue weighted by molar-refractivity contribution is 6.31. The Kier molecular flexibility index (Phi) is 4.42. The van der Waals surface area contributed by atoms with Crippen LogP contribution in [0.2, 0.25) is 5.02 Å². The number of aliphatic hydroxyl groups is 1. The minimum atomic E-state index is -0.991. The van der Waals surface area contributed by atoms with E-state index in [9.17, 15) is 9.90 Å². The van der Waals surface area contributed by atoms with Gasteiger partial charge in [0, 0.05) is 31.8 Å². The highest BCUT2D eigenvalue weighted by atomic mass is 35.5. The first-order valence-electron chi connectivity index (χ1n) is 6.83. The molecule has 2 atom stereocenters. The molecule has 1 aromatic rings. The molecule has 1 amide bonds. The van der Waals surface area contributed by atoms with Crippen molar-refractivity contribution in [2.75, 3.05) is 13.2 Å². The number of ether oxygens (including phenoxy) is 1.